The van der Waals surface area contributed by atoms with Crippen LogP contribution in [0.25, 0.3) is 0 Å². The molecule has 0 unspecified atom stereocenters. The molecule has 1 aliphatic rings. The van der Waals surface area contributed by atoms with Crippen LogP contribution in [0.15, 0.2) is 12.4 Å². The first-order valence-electron chi connectivity index (χ1n) is 6.95. The summed E-state index contributed by atoms with van der Waals surface area (Å²) in [7, 11) is 0. The molecule has 0 aliphatic carbocycles. The van der Waals surface area contributed by atoms with Gasteiger partial charge in [-0.1, -0.05) is 0 Å². The van der Waals surface area contributed by atoms with Crippen molar-refractivity contribution < 1.29 is 9.59 Å². The Hall–Kier alpha value is -1.98. The minimum absolute atomic E-state index is 0.107. The third-order valence-electron chi connectivity index (χ3n) is 3.54. The molecular formula is C14H20N4O2. The molecule has 2 rings (SSSR count). The van der Waals surface area contributed by atoms with Gasteiger partial charge in [0, 0.05) is 39.0 Å². The van der Waals surface area contributed by atoms with Crippen molar-refractivity contribution in [2.45, 2.75) is 26.7 Å². The Morgan fingerprint density at radius 3 is 2.80 bits per heavy atom. The van der Waals surface area contributed by atoms with Gasteiger partial charge in [0.15, 0.2) is 0 Å². The van der Waals surface area contributed by atoms with Gasteiger partial charge in [0.05, 0.1) is 5.69 Å². The fraction of sp³-hybridized carbons (Fsp3) is 0.571. The van der Waals surface area contributed by atoms with Crippen LogP contribution in [-0.4, -0.2) is 46.3 Å². The van der Waals surface area contributed by atoms with Crippen molar-refractivity contribution in [3.05, 3.63) is 23.8 Å². The molecule has 1 N–H and O–H groups in total. The lowest BCUT2D eigenvalue weighted by atomic mass is 10.0. The summed E-state index contributed by atoms with van der Waals surface area (Å²) in [6.45, 7) is 5.55. The third kappa shape index (κ3) is 3.31. The van der Waals surface area contributed by atoms with Crippen molar-refractivity contribution >= 4 is 11.8 Å². The highest BCUT2D eigenvalue weighted by Crippen LogP contribution is 2.21. The largest absolute Gasteiger partial charge is 0.351 e. The molecule has 20 heavy (non-hydrogen) atoms. The zero-order valence-corrected chi connectivity index (χ0v) is 11.9. The maximum Gasteiger partial charge on any atom is 0.271 e. The molecule has 0 saturated carbocycles. The summed E-state index contributed by atoms with van der Waals surface area (Å²) in [5, 5.41) is 2.75. The molecule has 0 aromatic carbocycles. The molecule has 0 bridgehead atoms. The Kier molecular flexibility index (Phi) is 4.65. The normalized spacial score (nSPS) is 18.1. The number of carbonyl (C=O) groups is 2. The van der Waals surface area contributed by atoms with Gasteiger partial charge >= 0.3 is 0 Å². The zero-order valence-electron chi connectivity index (χ0n) is 11.9. The fourth-order valence-electron chi connectivity index (χ4n) is 2.51. The Labute approximate surface area is 118 Å². The van der Waals surface area contributed by atoms with Crippen LogP contribution in [-0.2, 0) is 11.2 Å². The quantitative estimate of drug-likeness (QED) is 0.875. The van der Waals surface area contributed by atoms with Crippen LogP contribution in [0.1, 0.15) is 36.5 Å². The third-order valence-corrected chi connectivity index (χ3v) is 3.54. The summed E-state index contributed by atoms with van der Waals surface area (Å²) < 4.78 is 0. The average molecular weight is 276 g/mol. The highest BCUT2D eigenvalue weighted by Gasteiger charge is 2.26. The summed E-state index contributed by atoms with van der Waals surface area (Å²) in [5.74, 6) is 0.274. The van der Waals surface area contributed by atoms with E-state index in [1.165, 1.54) is 6.20 Å². The van der Waals surface area contributed by atoms with Crippen molar-refractivity contribution in [2.75, 3.05) is 19.6 Å². The molecule has 1 atom stereocenters. The highest BCUT2D eigenvalue weighted by molar-refractivity contribution is 5.93. The number of aromatic nitrogens is 2. The molecule has 1 aromatic heterocycles. The Morgan fingerprint density at radius 2 is 2.15 bits per heavy atom. The van der Waals surface area contributed by atoms with E-state index >= 15 is 0 Å². The fourth-order valence-corrected chi connectivity index (χ4v) is 2.51. The van der Waals surface area contributed by atoms with Crippen molar-refractivity contribution in [3.63, 3.8) is 0 Å². The first kappa shape index (κ1) is 14.4. The number of carbonyl (C=O) groups excluding carboxylic acids is 2. The Morgan fingerprint density at radius 1 is 1.40 bits per heavy atom. The summed E-state index contributed by atoms with van der Waals surface area (Å²) >= 11 is 0. The van der Waals surface area contributed by atoms with Crippen LogP contribution in [0.5, 0.6) is 0 Å². The van der Waals surface area contributed by atoms with Crippen LogP contribution >= 0.6 is 0 Å². The molecule has 6 nitrogen and oxygen atoms in total. The van der Waals surface area contributed by atoms with Gasteiger partial charge in [0.2, 0.25) is 5.91 Å². The van der Waals surface area contributed by atoms with Crippen LogP contribution in [0, 0.1) is 5.92 Å². The number of hydrogen-bond donors (Lipinski definition) is 1. The number of nitrogens with one attached hydrogen (secondary N) is 1. The van der Waals surface area contributed by atoms with Gasteiger partial charge in [-0.05, 0) is 25.7 Å². The zero-order chi connectivity index (χ0) is 14.5. The van der Waals surface area contributed by atoms with E-state index in [0.29, 0.717) is 30.3 Å². The first-order chi connectivity index (χ1) is 9.61. The van der Waals surface area contributed by atoms with Crippen LogP contribution in [0.3, 0.4) is 0 Å². The van der Waals surface area contributed by atoms with Crippen molar-refractivity contribution in [1.82, 2.24) is 20.2 Å². The summed E-state index contributed by atoms with van der Waals surface area (Å²) in [4.78, 5) is 33.5. The second-order valence-corrected chi connectivity index (χ2v) is 5.03. The van der Waals surface area contributed by atoms with Gasteiger partial charge in [-0.3, -0.25) is 14.6 Å². The summed E-state index contributed by atoms with van der Waals surface area (Å²) in [6, 6.07) is 0. The summed E-state index contributed by atoms with van der Waals surface area (Å²) in [6.07, 6.45) is 4.77. The predicted molar refractivity (Wildman–Crippen MR) is 74.1 cm³/mol. The van der Waals surface area contributed by atoms with Crippen molar-refractivity contribution in [2.24, 2.45) is 5.92 Å². The van der Waals surface area contributed by atoms with Crippen LogP contribution in [0.4, 0.5) is 0 Å². The monoisotopic (exact) mass is 276 g/mol. The number of nitrogens with zero attached hydrogens (tertiary/aromatic N) is 3. The van der Waals surface area contributed by atoms with Crippen molar-refractivity contribution in [3.8, 4) is 0 Å². The van der Waals surface area contributed by atoms with E-state index in [1.54, 1.807) is 13.1 Å². The van der Waals surface area contributed by atoms with Gasteiger partial charge < -0.3 is 10.2 Å². The van der Waals surface area contributed by atoms with Crippen LogP contribution in [0.2, 0.25) is 0 Å². The van der Waals surface area contributed by atoms with Crippen molar-refractivity contribution in [1.29, 1.82) is 0 Å². The molecule has 1 aliphatic heterocycles. The van der Waals surface area contributed by atoms with E-state index in [4.69, 9.17) is 0 Å². The molecule has 1 saturated heterocycles. The molecule has 2 amide bonds. The molecule has 0 spiro atoms. The van der Waals surface area contributed by atoms with Gasteiger partial charge in [0.1, 0.15) is 5.69 Å². The topological polar surface area (TPSA) is 75.2 Å². The smallest absolute Gasteiger partial charge is 0.271 e. The summed E-state index contributed by atoms with van der Waals surface area (Å²) in [5.41, 5.74) is 1.12. The van der Waals surface area contributed by atoms with Gasteiger partial charge in [-0.2, -0.15) is 0 Å². The highest BCUT2D eigenvalue weighted by atomic mass is 16.2. The molecular weight excluding hydrogens is 256 g/mol. The average Bonchev–Trinajstić information content (AvgIpc) is 2.88. The van der Waals surface area contributed by atoms with E-state index < -0.39 is 0 Å². The maximum atomic E-state index is 11.9. The van der Waals surface area contributed by atoms with E-state index in [9.17, 15) is 9.59 Å². The molecule has 6 heteroatoms. The van der Waals surface area contributed by atoms with Gasteiger partial charge in [-0.15, -0.1) is 0 Å². The number of amides is 2. The second-order valence-electron chi connectivity index (χ2n) is 5.03. The standard InChI is InChI=1S/C14H20N4O2/c1-3-15-14(20)13-12(16-5-6-17-13)8-11-4-7-18(9-11)10(2)19/h5-6,11H,3-4,7-9H2,1-2H3,(H,15,20)/t11-/m0/s1. The Bertz CT molecular complexity index is 504. The van der Waals surface area contributed by atoms with E-state index in [1.807, 2.05) is 11.8 Å². The molecule has 0 radical (unpaired) electrons. The second kappa shape index (κ2) is 6.45. The van der Waals surface area contributed by atoms with Crippen LogP contribution < -0.4 is 5.32 Å². The molecule has 2 heterocycles. The lowest BCUT2D eigenvalue weighted by Crippen LogP contribution is -2.27. The predicted octanol–water partition coefficient (Wildman–Crippen LogP) is 0.637. The minimum Gasteiger partial charge on any atom is -0.351 e. The van der Waals surface area contributed by atoms with Gasteiger partial charge in [-0.25, -0.2) is 4.98 Å². The lowest BCUT2D eigenvalue weighted by Gasteiger charge is -2.14. The molecule has 108 valence electrons. The van der Waals surface area contributed by atoms with E-state index in [0.717, 1.165) is 19.5 Å². The van der Waals surface area contributed by atoms with E-state index in [2.05, 4.69) is 15.3 Å². The Balaban J connectivity index is 2.06. The lowest BCUT2D eigenvalue weighted by molar-refractivity contribution is -0.127. The van der Waals surface area contributed by atoms with Gasteiger partial charge in [0.25, 0.3) is 5.91 Å². The minimum atomic E-state index is -0.183. The number of likely N-dealkylation sites (tertiary alicyclic amines) is 1. The molecule has 1 fully saturated rings. The SMILES string of the molecule is CCNC(=O)c1nccnc1C[C@@H]1CCN(C(C)=O)C1. The number of hydrogen-bond acceptors (Lipinski definition) is 4. The molecule has 1 aromatic rings. The number of rotatable bonds is 4. The maximum absolute atomic E-state index is 11.9. The van der Waals surface area contributed by atoms with E-state index in [-0.39, 0.29) is 11.8 Å². The first-order valence-corrected chi connectivity index (χ1v) is 6.95.